The van der Waals surface area contributed by atoms with Gasteiger partial charge in [-0.05, 0) is 22.4 Å². The van der Waals surface area contributed by atoms with Gasteiger partial charge in [0.05, 0.1) is 29.5 Å². The van der Waals surface area contributed by atoms with Crippen molar-refractivity contribution in [2.45, 2.75) is 6.54 Å². The lowest BCUT2D eigenvalue weighted by atomic mass is 10.2. The highest BCUT2D eigenvalue weighted by atomic mass is 35.5. The molecule has 4 N–H and O–H groups in total. The number of ether oxygens (including phenoxy) is 1. The standard InChI is InChI=1S/C17H17Cl2N9O3/c18-11-2-1-3-12(19)10(11)8-21-23-17(29)14-13(9-27-4-6-30-7-5-27)28(26-22-14)16-15(20)24-31-25-16/h1-3,8H,4-7,9H2,(H2,20,24)(H,23,29)/p+1. The zero-order valence-electron chi connectivity index (χ0n) is 16.1. The minimum Gasteiger partial charge on any atom is -0.378 e. The minimum absolute atomic E-state index is 0.0291. The van der Waals surface area contributed by atoms with E-state index in [1.165, 1.54) is 15.8 Å². The summed E-state index contributed by atoms with van der Waals surface area (Å²) in [5.41, 5.74) is 9.27. The molecule has 3 aromatic rings. The third-order valence-electron chi connectivity index (χ3n) is 4.65. The van der Waals surface area contributed by atoms with Gasteiger partial charge < -0.3 is 15.4 Å². The maximum Gasteiger partial charge on any atom is 0.294 e. The van der Waals surface area contributed by atoms with Gasteiger partial charge in [-0.1, -0.05) is 34.5 Å². The molecule has 1 saturated heterocycles. The largest absolute Gasteiger partial charge is 0.378 e. The summed E-state index contributed by atoms with van der Waals surface area (Å²) in [7, 11) is 0. The number of aromatic nitrogens is 5. The number of halogens is 2. The molecule has 1 fully saturated rings. The number of nitrogen functional groups attached to an aromatic ring is 1. The molecule has 0 aliphatic carbocycles. The molecule has 1 aliphatic heterocycles. The molecule has 12 nitrogen and oxygen atoms in total. The summed E-state index contributed by atoms with van der Waals surface area (Å²) in [6.07, 6.45) is 1.36. The second-order valence-electron chi connectivity index (χ2n) is 6.64. The van der Waals surface area contributed by atoms with E-state index in [9.17, 15) is 4.79 Å². The number of nitrogens with one attached hydrogen (secondary N) is 2. The molecule has 0 unspecified atom stereocenters. The van der Waals surface area contributed by atoms with E-state index in [1.807, 2.05) is 0 Å². The maximum absolute atomic E-state index is 12.8. The van der Waals surface area contributed by atoms with Crippen LogP contribution in [0.5, 0.6) is 0 Å². The van der Waals surface area contributed by atoms with Crippen LogP contribution in [0.4, 0.5) is 5.82 Å². The lowest BCUT2D eigenvalue weighted by Crippen LogP contribution is -3.12. The maximum atomic E-state index is 12.8. The molecule has 0 spiro atoms. The summed E-state index contributed by atoms with van der Waals surface area (Å²) in [6, 6.07) is 5.05. The van der Waals surface area contributed by atoms with Gasteiger partial charge in [0.15, 0.2) is 5.69 Å². The predicted octanol–water partition coefficient (Wildman–Crippen LogP) is -0.282. The number of hydrazone groups is 1. The van der Waals surface area contributed by atoms with Gasteiger partial charge in [-0.25, -0.2) is 10.1 Å². The summed E-state index contributed by atoms with van der Waals surface area (Å²) in [5, 5.41) is 20.1. The fourth-order valence-electron chi connectivity index (χ4n) is 3.06. The number of carbonyl (C=O) groups excluding carboxylic acids is 1. The van der Waals surface area contributed by atoms with Crippen LogP contribution >= 0.6 is 23.2 Å². The normalized spacial score (nSPS) is 14.9. The quantitative estimate of drug-likeness (QED) is 0.331. The van der Waals surface area contributed by atoms with E-state index in [1.54, 1.807) is 18.2 Å². The van der Waals surface area contributed by atoms with E-state index in [0.717, 1.165) is 13.1 Å². The number of nitrogens with zero attached hydrogens (tertiary/aromatic N) is 6. The minimum atomic E-state index is -0.566. The molecule has 1 amide bonds. The highest BCUT2D eigenvalue weighted by Gasteiger charge is 2.28. The first-order chi connectivity index (χ1) is 15.0. The Hall–Kier alpha value is -3.06. The van der Waals surface area contributed by atoms with Crippen LogP contribution < -0.4 is 16.1 Å². The van der Waals surface area contributed by atoms with Crippen molar-refractivity contribution in [3.8, 4) is 5.82 Å². The number of benzene rings is 1. The molecule has 0 saturated carbocycles. The molecule has 14 heteroatoms. The van der Waals surface area contributed by atoms with E-state index in [2.05, 4.69) is 35.8 Å². The first-order valence-corrected chi connectivity index (χ1v) is 10.0. The van der Waals surface area contributed by atoms with Crippen LogP contribution in [0.1, 0.15) is 21.7 Å². The average Bonchev–Trinajstić information content (AvgIpc) is 3.36. The zero-order valence-corrected chi connectivity index (χ0v) is 17.6. The van der Waals surface area contributed by atoms with Crippen molar-refractivity contribution >= 4 is 41.1 Å². The first kappa shape index (κ1) is 21.2. The molecule has 2 aromatic heterocycles. The van der Waals surface area contributed by atoms with Crippen LogP contribution in [0, 0.1) is 0 Å². The number of amides is 1. The number of carbonyl (C=O) groups is 1. The molecule has 1 aliphatic rings. The molecular weight excluding hydrogens is 449 g/mol. The van der Waals surface area contributed by atoms with Crippen molar-refractivity contribution in [2.75, 3.05) is 32.0 Å². The highest BCUT2D eigenvalue weighted by molar-refractivity contribution is 6.38. The Morgan fingerprint density at radius 1 is 1.29 bits per heavy atom. The van der Waals surface area contributed by atoms with Crippen LogP contribution in [0.15, 0.2) is 27.9 Å². The predicted molar refractivity (Wildman–Crippen MR) is 110 cm³/mol. The average molecular weight is 467 g/mol. The number of nitrogens with two attached hydrogens (primary N) is 1. The third kappa shape index (κ3) is 4.66. The molecule has 0 radical (unpaired) electrons. The molecular formula is C17H18Cl2N9O3+. The number of morpholine rings is 1. The molecule has 4 rings (SSSR count). The van der Waals surface area contributed by atoms with Gasteiger partial charge in [0.2, 0.25) is 11.6 Å². The number of rotatable bonds is 6. The molecule has 0 bridgehead atoms. The second-order valence-corrected chi connectivity index (χ2v) is 7.46. The number of quaternary nitrogens is 1. The van der Waals surface area contributed by atoms with E-state index < -0.39 is 5.91 Å². The molecule has 3 heterocycles. The topological polar surface area (TPSA) is 151 Å². The number of hydrogen-bond acceptors (Lipinski definition) is 9. The highest BCUT2D eigenvalue weighted by Crippen LogP contribution is 2.22. The Morgan fingerprint density at radius 2 is 2.03 bits per heavy atom. The molecule has 162 valence electrons. The zero-order chi connectivity index (χ0) is 21.8. The van der Waals surface area contributed by atoms with Gasteiger partial charge >= 0.3 is 0 Å². The van der Waals surface area contributed by atoms with Crippen molar-refractivity contribution in [2.24, 2.45) is 5.10 Å². The first-order valence-electron chi connectivity index (χ1n) is 9.26. The number of anilines is 1. The fourth-order valence-corrected chi connectivity index (χ4v) is 3.56. The van der Waals surface area contributed by atoms with Gasteiger partial charge in [-0.15, -0.1) is 5.10 Å². The van der Waals surface area contributed by atoms with Crippen LogP contribution in [-0.4, -0.2) is 63.7 Å². The van der Waals surface area contributed by atoms with Crippen molar-refractivity contribution in [1.82, 2.24) is 30.7 Å². The second kappa shape index (κ2) is 9.39. The number of hydrogen-bond donors (Lipinski definition) is 3. The monoisotopic (exact) mass is 466 g/mol. The lowest BCUT2D eigenvalue weighted by molar-refractivity contribution is -0.921. The van der Waals surface area contributed by atoms with Crippen molar-refractivity contribution in [3.05, 3.63) is 45.2 Å². The van der Waals surface area contributed by atoms with Crippen LogP contribution in [0.25, 0.3) is 5.82 Å². The SMILES string of the molecule is Nc1nonc1-n1nnc(C(=O)NN=Cc2c(Cl)cccc2Cl)c1C[NH+]1CCOCC1. The fraction of sp³-hybridized carbons (Fsp3) is 0.294. The smallest absolute Gasteiger partial charge is 0.294 e. The van der Waals surface area contributed by atoms with Gasteiger partial charge in [0, 0.05) is 5.56 Å². The van der Waals surface area contributed by atoms with Gasteiger partial charge in [-0.3, -0.25) is 4.79 Å². The summed E-state index contributed by atoms with van der Waals surface area (Å²) < 4.78 is 11.4. The Morgan fingerprint density at radius 3 is 2.71 bits per heavy atom. The van der Waals surface area contributed by atoms with E-state index in [0.29, 0.717) is 41.1 Å². The van der Waals surface area contributed by atoms with Gasteiger partial charge in [0.1, 0.15) is 25.3 Å². The molecule has 1 aromatic carbocycles. The van der Waals surface area contributed by atoms with E-state index in [-0.39, 0.29) is 17.3 Å². The van der Waals surface area contributed by atoms with Crippen molar-refractivity contribution < 1.29 is 19.1 Å². The van der Waals surface area contributed by atoms with Crippen molar-refractivity contribution in [1.29, 1.82) is 0 Å². The van der Waals surface area contributed by atoms with E-state index >= 15 is 0 Å². The summed E-state index contributed by atoms with van der Waals surface area (Å²) >= 11 is 12.2. The van der Waals surface area contributed by atoms with Gasteiger partial charge in [-0.2, -0.15) is 9.78 Å². The van der Waals surface area contributed by atoms with Crippen LogP contribution in [-0.2, 0) is 11.3 Å². The lowest BCUT2D eigenvalue weighted by Gasteiger charge is -2.23. The third-order valence-corrected chi connectivity index (χ3v) is 5.31. The summed E-state index contributed by atoms with van der Waals surface area (Å²) in [4.78, 5) is 14.0. The summed E-state index contributed by atoms with van der Waals surface area (Å²) in [5.74, 6) is -0.384. The Balaban J connectivity index is 1.59. The molecule has 31 heavy (non-hydrogen) atoms. The van der Waals surface area contributed by atoms with E-state index in [4.69, 9.17) is 33.7 Å². The Kier molecular flexibility index (Phi) is 6.42. The Bertz CT molecular complexity index is 1090. The van der Waals surface area contributed by atoms with Crippen LogP contribution in [0.3, 0.4) is 0 Å². The Labute approximate surface area is 185 Å². The van der Waals surface area contributed by atoms with Gasteiger partial charge in [0.25, 0.3) is 5.91 Å². The molecule has 0 atom stereocenters. The summed E-state index contributed by atoms with van der Waals surface area (Å²) in [6.45, 7) is 3.21. The van der Waals surface area contributed by atoms with Crippen molar-refractivity contribution in [3.63, 3.8) is 0 Å². The van der Waals surface area contributed by atoms with Crippen LogP contribution in [0.2, 0.25) is 10.0 Å².